The highest BCUT2D eigenvalue weighted by atomic mass is 19.1. The molecule has 0 aliphatic heterocycles. The Balaban J connectivity index is 2.23. The summed E-state index contributed by atoms with van der Waals surface area (Å²) in [5.74, 6) is -0.219. The third kappa shape index (κ3) is 2.26. The maximum atomic E-state index is 13.3. The predicted molar refractivity (Wildman–Crippen MR) is 69.8 cm³/mol. The lowest BCUT2D eigenvalue weighted by atomic mass is 9.63. The fraction of sp³-hybridized carbons (Fsp3) is 0.533. The van der Waals surface area contributed by atoms with Gasteiger partial charge in [0, 0.05) is 6.04 Å². The first-order valence-corrected chi connectivity index (χ1v) is 6.65. The van der Waals surface area contributed by atoms with E-state index in [9.17, 15) is 9.18 Å². The Labute approximate surface area is 108 Å². The van der Waals surface area contributed by atoms with E-state index in [0.717, 1.165) is 31.2 Å². The van der Waals surface area contributed by atoms with Gasteiger partial charge in [-0.3, -0.25) is 4.79 Å². The fourth-order valence-corrected chi connectivity index (χ4v) is 2.43. The summed E-state index contributed by atoms with van der Waals surface area (Å²) < 4.78 is 13.3. The van der Waals surface area contributed by atoms with E-state index >= 15 is 0 Å². The van der Waals surface area contributed by atoms with Gasteiger partial charge in [-0.1, -0.05) is 25.5 Å². The van der Waals surface area contributed by atoms with Gasteiger partial charge >= 0.3 is 0 Å². The molecule has 1 atom stereocenters. The van der Waals surface area contributed by atoms with Crippen molar-refractivity contribution in [3.63, 3.8) is 0 Å². The second-order valence-electron chi connectivity index (χ2n) is 5.23. The number of halogens is 1. The van der Waals surface area contributed by atoms with Gasteiger partial charge in [-0.2, -0.15) is 0 Å². The summed E-state index contributed by atoms with van der Waals surface area (Å²) in [4.78, 5) is 12.4. The minimum atomic E-state index is -0.495. The highest BCUT2D eigenvalue weighted by Crippen LogP contribution is 2.44. The molecule has 0 saturated heterocycles. The minimum Gasteiger partial charge on any atom is -0.353 e. The van der Waals surface area contributed by atoms with E-state index < -0.39 is 5.41 Å². The highest BCUT2D eigenvalue weighted by molar-refractivity contribution is 5.89. The number of benzene rings is 1. The molecule has 1 amide bonds. The van der Waals surface area contributed by atoms with Gasteiger partial charge in [-0.25, -0.2) is 4.39 Å². The zero-order valence-corrected chi connectivity index (χ0v) is 11.0. The number of carbonyl (C=O) groups is 1. The van der Waals surface area contributed by atoms with Gasteiger partial charge in [-0.15, -0.1) is 0 Å². The molecule has 2 nitrogen and oxygen atoms in total. The van der Waals surface area contributed by atoms with Gasteiger partial charge in [-0.05, 0) is 43.9 Å². The first-order valence-electron chi connectivity index (χ1n) is 6.65. The molecule has 1 aromatic carbocycles. The predicted octanol–water partition coefficient (Wildman–Crippen LogP) is 3.16. The Kier molecular flexibility index (Phi) is 3.69. The highest BCUT2D eigenvalue weighted by Gasteiger charge is 2.45. The van der Waals surface area contributed by atoms with Crippen LogP contribution in [0.1, 0.15) is 45.1 Å². The van der Waals surface area contributed by atoms with Gasteiger partial charge < -0.3 is 5.32 Å². The average Bonchev–Trinajstić information content (AvgIpc) is 2.27. The molecule has 0 bridgehead atoms. The van der Waals surface area contributed by atoms with E-state index in [1.54, 1.807) is 6.07 Å². The smallest absolute Gasteiger partial charge is 0.230 e. The van der Waals surface area contributed by atoms with E-state index in [1.165, 1.54) is 12.1 Å². The van der Waals surface area contributed by atoms with Gasteiger partial charge in [0.25, 0.3) is 0 Å². The lowest BCUT2D eigenvalue weighted by molar-refractivity contribution is -0.130. The van der Waals surface area contributed by atoms with Crippen LogP contribution in [0.25, 0.3) is 0 Å². The molecule has 0 heterocycles. The van der Waals surface area contributed by atoms with Crippen LogP contribution in [0.4, 0.5) is 4.39 Å². The second-order valence-corrected chi connectivity index (χ2v) is 5.23. The molecule has 0 radical (unpaired) electrons. The van der Waals surface area contributed by atoms with Crippen molar-refractivity contribution in [2.24, 2.45) is 0 Å². The van der Waals surface area contributed by atoms with Gasteiger partial charge in [0.2, 0.25) is 5.91 Å². The number of amides is 1. The molecule has 1 aliphatic rings. The monoisotopic (exact) mass is 249 g/mol. The summed E-state index contributed by atoms with van der Waals surface area (Å²) in [5, 5.41) is 3.03. The Morgan fingerprint density at radius 2 is 2.22 bits per heavy atom. The third-order valence-electron chi connectivity index (χ3n) is 4.01. The van der Waals surface area contributed by atoms with Crippen LogP contribution in [0.15, 0.2) is 24.3 Å². The standard InChI is InChI=1S/C15H20FNO/c1-3-11(2)17-14(18)15(8-5-9-15)12-6-4-7-13(16)10-12/h4,6-7,10-11H,3,5,8-9H2,1-2H3,(H,17,18). The third-order valence-corrected chi connectivity index (χ3v) is 4.01. The van der Waals surface area contributed by atoms with Gasteiger partial charge in [0.15, 0.2) is 0 Å². The van der Waals surface area contributed by atoms with Crippen LogP contribution >= 0.6 is 0 Å². The van der Waals surface area contributed by atoms with Crippen LogP contribution in [0.2, 0.25) is 0 Å². The first-order chi connectivity index (χ1) is 8.58. The Bertz CT molecular complexity index is 440. The number of hydrogen-bond acceptors (Lipinski definition) is 1. The summed E-state index contributed by atoms with van der Waals surface area (Å²) >= 11 is 0. The van der Waals surface area contributed by atoms with Gasteiger partial charge in [0.1, 0.15) is 5.82 Å². The topological polar surface area (TPSA) is 29.1 Å². The lowest BCUT2D eigenvalue weighted by Crippen LogP contribution is -2.51. The zero-order valence-electron chi connectivity index (χ0n) is 11.0. The van der Waals surface area contributed by atoms with Crippen LogP contribution < -0.4 is 5.32 Å². The van der Waals surface area contributed by atoms with Crippen molar-refractivity contribution in [3.05, 3.63) is 35.6 Å². The molecule has 2 rings (SSSR count). The van der Waals surface area contributed by atoms with Crippen LogP contribution in [-0.2, 0) is 10.2 Å². The summed E-state index contributed by atoms with van der Waals surface area (Å²) in [7, 11) is 0. The van der Waals surface area contributed by atoms with E-state index in [2.05, 4.69) is 5.32 Å². The summed E-state index contributed by atoms with van der Waals surface area (Å²) in [6, 6.07) is 6.63. The maximum absolute atomic E-state index is 13.3. The molecule has 18 heavy (non-hydrogen) atoms. The molecule has 0 aromatic heterocycles. The van der Waals surface area contributed by atoms with E-state index in [0.29, 0.717) is 0 Å². The van der Waals surface area contributed by atoms with Crippen molar-refractivity contribution in [1.82, 2.24) is 5.32 Å². The molecular weight excluding hydrogens is 229 g/mol. The molecule has 1 aliphatic carbocycles. The van der Waals surface area contributed by atoms with Crippen LogP contribution in [-0.4, -0.2) is 11.9 Å². The average molecular weight is 249 g/mol. The normalized spacial score (nSPS) is 18.8. The maximum Gasteiger partial charge on any atom is 0.230 e. The van der Waals surface area contributed by atoms with Crippen molar-refractivity contribution in [2.45, 2.75) is 51.0 Å². The first kappa shape index (κ1) is 13.1. The van der Waals surface area contributed by atoms with Crippen molar-refractivity contribution in [3.8, 4) is 0 Å². The largest absolute Gasteiger partial charge is 0.353 e. The molecule has 1 N–H and O–H groups in total. The SMILES string of the molecule is CCC(C)NC(=O)C1(c2cccc(F)c2)CCC1. The van der Waals surface area contributed by atoms with Crippen molar-refractivity contribution in [2.75, 3.05) is 0 Å². The van der Waals surface area contributed by atoms with Crippen molar-refractivity contribution >= 4 is 5.91 Å². The van der Waals surface area contributed by atoms with Crippen LogP contribution in [0.5, 0.6) is 0 Å². The molecule has 1 aromatic rings. The summed E-state index contributed by atoms with van der Waals surface area (Å²) in [5.41, 5.74) is 0.320. The van der Waals surface area contributed by atoms with E-state index in [4.69, 9.17) is 0 Å². The summed E-state index contributed by atoms with van der Waals surface area (Å²) in [6.45, 7) is 4.04. The molecule has 1 saturated carbocycles. The van der Waals surface area contributed by atoms with Crippen molar-refractivity contribution < 1.29 is 9.18 Å². The van der Waals surface area contributed by atoms with E-state index in [1.807, 2.05) is 19.9 Å². The molecule has 3 heteroatoms. The minimum absolute atomic E-state index is 0.0497. The summed E-state index contributed by atoms with van der Waals surface area (Å²) in [6.07, 6.45) is 3.58. The van der Waals surface area contributed by atoms with E-state index in [-0.39, 0.29) is 17.8 Å². The fourth-order valence-electron chi connectivity index (χ4n) is 2.43. The molecule has 1 unspecified atom stereocenters. The molecule has 1 fully saturated rings. The lowest BCUT2D eigenvalue weighted by Gasteiger charge is -2.41. The Morgan fingerprint density at radius 1 is 1.50 bits per heavy atom. The van der Waals surface area contributed by atoms with Crippen molar-refractivity contribution in [1.29, 1.82) is 0 Å². The second kappa shape index (κ2) is 5.09. The molecule has 0 spiro atoms. The number of rotatable bonds is 4. The van der Waals surface area contributed by atoms with Crippen LogP contribution in [0, 0.1) is 5.82 Å². The molecule has 98 valence electrons. The number of nitrogens with one attached hydrogen (secondary N) is 1. The van der Waals surface area contributed by atoms with Crippen LogP contribution in [0.3, 0.4) is 0 Å². The van der Waals surface area contributed by atoms with Gasteiger partial charge in [0.05, 0.1) is 5.41 Å². The number of carbonyl (C=O) groups excluding carboxylic acids is 1. The zero-order chi connectivity index (χ0) is 13.2. The molecular formula is C15H20FNO. The quantitative estimate of drug-likeness (QED) is 0.872. The Morgan fingerprint density at radius 3 is 2.72 bits per heavy atom. The number of hydrogen-bond donors (Lipinski definition) is 1. The Hall–Kier alpha value is -1.38.